The minimum atomic E-state index is -0.314. The number of rotatable bonds is 6. The summed E-state index contributed by atoms with van der Waals surface area (Å²) in [5, 5.41) is 4.16. The molecule has 1 aromatic heterocycles. The highest BCUT2D eigenvalue weighted by molar-refractivity contribution is 7.07. The fraction of sp³-hybridized carbons (Fsp3) is 0.267. The molecule has 0 radical (unpaired) electrons. The standard InChI is InChI=1S/C15H16FNOS/c1-17(10-12-7-9-19-11-12)8-6-15(18)13-2-4-14(16)5-3-13/h2-5,7,9,11H,6,8,10H2,1H3. The second kappa shape index (κ2) is 6.59. The van der Waals surface area contributed by atoms with E-state index in [-0.39, 0.29) is 11.6 Å². The summed E-state index contributed by atoms with van der Waals surface area (Å²) in [5.74, 6) is -0.261. The van der Waals surface area contributed by atoms with Gasteiger partial charge in [-0.05, 0) is 53.7 Å². The second-order valence-corrected chi connectivity index (χ2v) is 5.33. The number of nitrogens with zero attached hydrogens (tertiary/aromatic N) is 1. The van der Waals surface area contributed by atoms with Crippen LogP contribution in [0.25, 0.3) is 0 Å². The Kier molecular flexibility index (Phi) is 4.82. The molecule has 1 heterocycles. The molecular formula is C15H16FNOS. The molecule has 0 aliphatic rings. The van der Waals surface area contributed by atoms with Crippen molar-refractivity contribution in [3.63, 3.8) is 0 Å². The van der Waals surface area contributed by atoms with E-state index in [4.69, 9.17) is 0 Å². The molecule has 2 nitrogen and oxygen atoms in total. The van der Waals surface area contributed by atoms with Crippen molar-refractivity contribution >= 4 is 17.1 Å². The predicted molar refractivity (Wildman–Crippen MR) is 76.0 cm³/mol. The summed E-state index contributed by atoms with van der Waals surface area (Å²) in [6.07, 6.45) is 0.451. The van der Waals surface area contributed by atoms with Gasteiger partial charge in [-0.25, -0.2) is 4.39 Å². The summed E-state index contributed by atoms with van der Waals surface area (Å²) >= 11 is 1.68. The van der Waals surface area contributed by atoms with Gasteiger partial charge >= 0.3 is 0 Å². The average molecular weight is 277 g/mol. The van der Waals surface area contributed by atoms with Gasteiger partial charge in [0, 0.05) is 25.1 Å². The van der Waals surface area contributed by atoms with Gasteiger partial charge in [0.1, 0.15) is 5.82 Å². The van der Waals surface area contributed by atoms with E-state index >= 15 is 0 Å². The van der Waals surface area contributed by atoms with Crippen molar-refractivity contribution in [2.75, 3.05) is 13.6 Å². The Morgan fingerprint density at radius 1 is 1.26 bits per heavy atom. The Bertz CT molecular complexity index is 522. The molecule has 0 spiro atoms. The maximum Gasteiger partial charge on any atom is 0.164 e. The van der Waals surface area contributed by atoms with E-state index in [1.54, 1.807) is 11.3 Å². The summed E-state index contributed by atoms with van der Waals surface area (Å²) in [6, 6.07) is 7.81. The van der Waals surface area contributed by atoms with E-state index < -0.39 is 0 Å². The lowest BCUT2D eigenvalue weighted by molar-refractivity contribution is 0.0968. The minimum Gasteiger partial charge on any atom is -0.302 e. The second-order valence-electron chi connectivity index (χ2n) is 4.55. The summed E-state index contributed by atoms with van der Waals surface area (Å²) in [5.41, 5.74) is 1.84. The maximum absolute atomic E-state index is 12.8. The fourth-order valence-corrected chi connectivity index (χ4v) is 2.51. The smallest absolute Gasteiger partial charge is 0.164 e. The zero-order chi connectivity index (χ0) is 13.7. The molecule has 0 saturated heterocycles. The minimum absolute atomic E-state index is 0.0529. The third-order valence-corrected chi connectivity index (χ3v) is 3.65. The van der Waals surface area contributed by atoms with Gasteiger partial charge in [-0.15, -0.1) is 0 Å². The molecule has 0 unspecified atom stereocenters. The topological polar surface area (TPSA) is 20.3 Å². The van der Waals surface area contributed by atoms with Gasteiger partial charge in [-0.1, -0.05) is 0 Å². The molecule has 0 atom stereocenters. The maximum atomic E-state index is 12.8. The van der Waals surface area contributed by atoms with Crippen molar-refractivity contribution in [1.82, 2.24) is 4.90 Å². The number of hydrogen-bond acceptors (Lipinski definition) is 3. The van der Waals surface area contributed by atoms with Crippen molar-refractivity contribution in [2.45, 2.75) is 13.0 Å². The molecule has 1 aromatic carbocycles. The van der Waals surface area contributed by atoms with Crippen LogP contribution in [-0.4, -0.2) is 24.3 Å². The van der Waals surface area contributed by atoms with E-state index in [1.807, 2.05) is 12.4 Å². The molecule has 0 saturated carbocycles. The van der Waals surface area contributed by atoms with Crippen LogP contribution in [-0.2, 0) is 6.54 Å². The summed E-state index contributed by atoms with van der Waals surface area (Å²) < 4.78 is 12.8. The van der Waals surface area contributed by atoms with Crippen LogP contribution >= 0.6 is 11.3 Å². The van der Waals surface area contributed by atoms with Gasteiger partial charge in [0.2, 0.25) is 0 Å². The molecule has 4 heteroatoms. The van der Waals surface area contributed by atoms with Gasteiger partial charge < -0.3 is 4.90 Å². The normalized spacial score (nSPS) is 10.9. The molecular weight excluding hydrogens is 261 g/mol. The summed E-state index contributed by atoms with van der Waals surface area (Å²) in [4.78, 5) is 14.0. The number of Topliss-reactive ketones (excluding diaryl/α,β-unsaturated/α-hetero) is 1. The first-order chi connectivity index (χ1) is 9.15. The van der Waals surface area contributed by atoms with Gasteiger partial charge in [-0.2, -0.15) is 11.3 Å². The Hall–Kier alpha value is -1.52. The molecule has 2 aromatic rings. The molecule has 0 aliphatic carbocycles. The average Bonchev–Trinajstić information content (AvgIpc) is 2.89. The van der Waals surface area contributed by atoms with E-state index in [9.17, 15) is 9.18 Å². The number of ketones is 1. The lowest BCUT2D eigenvalue weighted by Gasteiger charge is -2.15. The number of thiophene rings is 1. The third kappa shape index (κ3) is 4.26. The molecule has 2 rings (SSSR count). The van der Waals surface area contributed by atoms with Crippen LogP contribution in [0.2, 0.25) is 0 Å². The first-order valence-electron chi connectivity index (χ1n) is 6.13. The van der Waals surface area contributed by atoms with Gasteiger partial charge in [0.25, 0.3) is 0 Å². The lowest BCUT2D eigenvalue weighted by atomic mass is 10.1. The molecule has 0 N–H and O–H groups in total. The summed E-state index contributed by atoms with van der Waals surface area (Å²) in [7, 11) is 2.00. The van der Waals surface area contributed by atoms with E-state index in [0.717, 1.165) is 6.54 Å². The molecule has 0 fully saturated rings. The van der Waals surface area contributed by atoms with Crippen molar-refractivity contribution in [3.05, 3.63) is 58.0 Å². The van der Waals surface area contributed by atoms with Crippen molar-refractivity contribution < 1.29 is 9.18 Å². The van der Waals surface area contributed by atoms with E-state index in [1.165, 1.54) is 29.8 Å². The van der Waals surface area contributed by atoms with Crippen molar-refractivity contribution in [3.8, 4) is 0 Å². The van der Waals surface area contributed by atoms with Crippen LogP contribution in [0.4, 0.5) is 4.39 Å². The Morgan fingerprint density at radius 3 is 2.63 bits per heavy atom. The van der Waals surface area contributed by atoms with E-state index in [2.05, 4.69) is 16.3 Å². The van der Waals surface area contributed by atoms with Crippen LogP contribution in [0.5, 0.6) is 0 Å². The third-order valence-electron chi connectivity index (χ3n) is 2.92. The van der Waals surface area contributed by atoms with Gasteiger partial charge in [0.15, 0.2) is 5.78 Å². The Labute approximate surface area is 116 Å². The van der Waals surface area contributed by atoms with Crippen LogP contribution < -0.4 is 0 Å². The van der Waals surface area contributed by atoms with Crippen molar-refractivity contribution in [1.29, 1.82) is 0 Å². The molecule has 100 valence electrons. The zero-order valence-corrected chi connectivity index (χ0v) is 11.6. The molecule has 19 heavy (non-hydrogen) atoms. The quantitative estimate of drug-likeness (QED) is 0.752. The fourth-order valence-electron chi connectivity index (χ4n) is 1.85. The van der Waals surface area contributed by atoms with Gasteiger partial charge in [0.05, 0.1) is 0 Å². The number of hydrogen-bond donors (Lipinski definition) is 0. The SMILES string of the molecule is CN(CCC(=O)c1ccc(F)cc1)Cc1ccsc1. The van der Waals surface area contributed by atoms with Crippen LogP contribution in [0.15, 0.2) is 41.1 Å². The largest absolute Gasteiger partial charge is 0.302 e. The van der Waals surface area contributed by atoms with Gasteiger partial charge in [-0.3, -0.25) is 4.79 Å². The number of halogens is 1. The molecule has 0 bridgehead atoms. The first-order valence-corrected chi connectivity index (χ1v) is 7.08. The van der Waals surface area contributed by atoms with Crippen molar-refractivity contribution in [2.24, 2.45) is 0 Å². The predicted octanol–water partition coefficient (Wildman–Crippen LogP) is 3.59. The lowest BCUT2D eigenvalue weighted by Crippen LogP contribution is -2.21. The zero-order valence-electron chi connectivity index (χ0n) is 10.8. The molecule has 0 amide bonds. The van der Waals surface area contributed by atoms with E-state index in [0.29, 0.717) is 18.5 Å². The first kappa shape index (κ1) is 13.9. The Balaban J connectivity index is 1.81. The number of benzene rings is 1. The highest BCUT2D eigenvalue weighted by Crippen LogP contribution is 2.10. The monoisotopic (exact) mass is 277 g/mol. The molecule has 0 aliphatic heterocycles. The number of carbonyl (C=O) groups excluding carboxylic acids is 1. The van der Waals surface area contributed by atoms with Crippen LogP contribution in [0, 0.1) is 5.82 Å². The van der Waals surface area contributed by atoms with Crippen LogP contribution in [0.3, 0.4) is 0 Å². The number of carbonyl (C=O) groups is 1. The Morgan fingerprint density at radius 2 is 2.00 bits per heavy atom. The highest BCUT2D eigenvalue weighted by Gasteiger charge is 2.08. The van der Waals surface area contributed by atoms with Crippen LogP contribution in [0.1, 0.15) is 22.3 Å². The highest BCUT2D eigenvalue weighted by atomic mass is 32.1. The summed E-state index contributed by atoms with van der Waals surface area (Å²) in [6.45, 7) is 1.55.